The minimum Gasteiger partial charge on any atom is -0.412 e. The van der Waals surface area contributed by atoms with Gasteiger partial charge in [-0.2, -0.15) is 0 Å². The zero-order valence-corrected chi connectivity index (χ0v) is 18.4. The molecule has 1 fully saturated rings. The van der Waals surface area contributed by atoms with Crippen molar-refractivity contribution in [3.05, 3.63) is 22.7 Å². The lowest BCUT2D eigenvalue weighted by molar-refractivity contribution is 0.202. The number of rotatable bonds is 4. The van der Waals surface area contributed by atoms with Crippen LogP contribution < -0.4 is 10.0 Å². The van der Waals surface area contributed by atoms with Crippen molar-refractivity contribution in [3.8, 4) is 0 Å². The Kier molecular flexibility index (Phi) is 5.57. The normalized spacial score (nSPS) is 19.8. The first-order valence-electron chi connectivity index (χ1n) is 8.06. The number of benzene rings is 1. The Morgan fingerprint density at radius 3 is 2.46 bits per heavy atom. The highest BCUT2D eigenvalue weighted by atomic mass is 79.9. The van der Waals surface area contributed by atoms with Gasteiger partial charge < -0.3 is 9.33 Å². The number of primary sulfonamides is 1. The molecule has 5 nitrogen and oxygen atoms in total. The SMILES string of the molecule is CC(C)(C)[Si](C)(C)O[C@H]1CCN(c2ccc(S(N)(=O)=O)cc2Br)C1. The number of nitrogens with two attached hydrogens (primary N) is 1. The molecule has 0 aromatic heterocycles. The van der Waals surface area contributed by atoms with E-state index in [9.17, 15) is 8.42 Å². The van der Waals surface area contributed by atoms with Crippen molar-refractivity contribution >= 4 is 40.0 Å². The Morgan fingerprint density at radius 2 is 1.96 bits per heavy atom. The van der Waals surface area contributed by atoms with Gasteiger partial charge in [0.2, 0.25) is 10.0 Å². The van der Waals surface area contributed by atoms with E-state index in [0.717, 1.165) is 29.7 Å². The van der Waals surface area contributed by atoms with E-state index >= 15 is 0 Å². The maximum atomic E-state index is 11.4. The summed E-state index contributed by atoms with van der Waals surface area (Å²) in [5.41, 5.74) is 0.976. The van der Waals surface area contributed by atoms with Crippen LogP contribution in [0.4, 0.5) is 5.69 Å². The Labute approximate surface area is 154 Å². The summed E-state index contributed by atoms with van der Waals surface area (Å²) in [4.78, 5) is 2.35. The maximum absolute atomic E-state index is 11.4. The molecule has 1 atom stereocenters. The zero-order valence-electron chi connectivity index (χ0n) is 15.0. The summed E-state index contributed by atoms with van der Waals surface area (Å²) >= 11 is 3.47. The van der Waals surface area contributed by atoms with Crippen LogP contribution in [0, 0.1) is 0 Å². The molecule has 2 N–H and O–H groups in total. The van der Waals surface area contributed by atoms with Gasteiger partial charge in [0.05, 0.1) is 16.7 Å². The summed E-state index contributed by atoms with van der Waals surface area (Å²) in [5, 5.41) is 5.38. The van der Waals surface area contributed by atoms with Crippen molar-refractivity contribution in [2.24, 2.45) is 5.14 Å². The molecule has 1 aliphatic rings. The largest absolute Gasteiger partial charge is 0.412 e. The number of nitrogens with zero attached hydrogens (tertiary/aromatic N) is 1. The van der Waals surface area contributed by atoms with E-state index in [1.54, 1.807) is 18.2 Å². The molecule has 0 aliphatic carbocycles. The lowest BCUT2D eigenvalue weighted by atomic mass is 10.2. The standard InChI is InChI=1S/C16H27BrN2O3SSi/c1-16(2,3)24(4,5)22-12-8-9-19(11-12)15-7-6-13(10-14(15)17)23(18,20)21/h6-7,10,12H,8-9,11H2,1-5H3,(H2,18,20,21)/t12-/m0/s1. The van der Waals surface area contributed by atoms with Crippen LogP contribution in [-0.2, 0) is 14.4 Å². The third kappa shape index (κ3) is 4.40. The van der Waals surface area contributed by atoms with Gasteiger partial charge in [0.1, 0.15) is 0 Å². The number of anilines is 1. The first-order chi connectivity index (χ1) is 10.8. The molecular weight excluding hydrogens is 408 g/mol. The van der Waals surface area contributed by atoms with Crippen molar-refractivity contribution in [1.29, 1.82) is 0 Å². The zero-order chi connectivity index (χ0) is 18.3. The highest BCUT2D eigenvalue weighted by Crippen LogP contribution is 2.39. The van der Waals surface area contributed by atoms with E-state index in [-0.39, 0.29) is 16.0 Å². The van der Waals surface area contributed by atoms with E-state index < -0.39 is 18.3 Å². The first-order valence-corrected chi connectivity index (χ1v) is 13.3. The lowest BCUT2D eigenvalue weighted by Crippen LogP contribution is -2.44. The molecule has 0 saturated carbocycles. The molecule has 0 unspecified atom stereocenters. The molecule has 2 rings (SSSR count). The summed E-state index contributed by atoms with van der Waals surface area (Å²) in [6, 6.07) is 4.92. The third-order valence-corrected chi connectivity index (χ3v) is 11.1. The topological polar surface area (TPSA) is 72.6 Å². The molecule has 1 saturated heterocycles. The van der Waals surface area contributed by atoms with Gasteiger partial charge in [-0.15, -0.1) is 0 Å². The molecule has 0 radical (unpaired) electrons. The average Bonchev–Trinajstić information content (AvgIpc) is 2.83. The van der Waals surface area contributed by atoms with Crippen LogP contribution in [0.1, 0.15) is 27.2 Å². The molecular formula is C16H27BrN2O3SSi. The number of hydrogen-bond donors (Lipinski definition) is 1. The van der Waals surface area contributed by atoms with Crippen LogP contribution in [0.2, 0.25) is 18.1 Å². The van der Waals surface area contributed by atoms with Crippen molar-refractivity contribution in [2.45, 2.75) is 56.3 Å². The van der Waals surface area contributed by atoms with E-state index in [1.807, 2.05) is 0 Å². The second-order valence-corrected chi connectivity index (χ2v) is 15.1. The van der Waals surface area contributed by atoms with Gasteiger partial charge in [0.25, 0.3) is 0 Å². The second kappa shape index (κ2) is 6.72. The predicted octanol–water partition coefficient (Wildman–Crippen LogP) is 3.70. The van der Waals surface area contributed by atoms with Gasteiger partial charge in [0.15, 0.2) is 8.32 Å². The van der Waals surface area contributed by atoms with Crippen molar-refractivity contribution in [1.82, 2.24) is 0 Å². The van der Waals surface area contributed by atoms with E-state index in [2.05, 4.69) is 54.7 Å². The molecule has 0 spiro atoms. The van der Waals surface area contributed by atoms with E-state index in [4.69, 9.17) is 9.56 Å². The third-order valence-electron chi connectivity index (χ3n) is 5.00. The smallest absolute Gasteiger partial charge is 0.238 e. The van der Waals surface area contributed by atoms with Gasteiger partial charge in [-0.3, -0.25) is 0 Å². The predicted molar refractivity (Wildman–Crippen MR) is 104 cm³/mol. The van der Waals surface area contributed by atoms with Crippen molar-refractivity contribution < 1.29 is 12.8 Å². The van der Waals surface area contributed by atoms with Crippen LogP contribution in [0.15, 0.2) is 27.6 Å². The minimum atomic E-state index is -3.68. The molecule has 24 heavy (non-hydrogen) atoms. The monoisotopic (exact) mass is 434 g/mol. The fourth-order valence-electron chi connectivity index (χ4n) is 2.56. The van der Waals surface area contributed by atoms with Crippen LogP contribution in [0.5, 0.6) is 0 Å². The highest BCUT2D eigenvalue weighted by Gasteiger charge is 2.40. The van der Waals surface area contributed by atoms with E-state index in [0.29, 0.717) is 0 Å². The highest BCUT2D eigenvalue weighted by molar-refractivity contribution is 9.10. The van der Waals surface area contributed by atoms with Gasteiger partial charge in [-0.25, -0.2) is 13.6 Å². The molecule has 136 valence electrons. The Morgan fingerprint density at radius 1 is 1.33 bits per heavy atom. The second-order valence-electron chi connectivity index (χ2n) is 7.89. The Bertz CT molecular complexity index is 717. The number of sulfonamides is 1. The molecule has 0 amide bonds. The molecule has 8 heteroatoms. The molecule has 1 aromatic rings. The number of halogens is 1. The van der Waals surface area contributed by atoms with Crippen molar-refractivity contribution in [3.63, 3.8) is 0 Å². The Hall–Kier alpha value is -0.413. The van der Waals surface area contributed by atoms with E-state index in [1.165, 1.54) is 0 Å². The van der Waals surface area contributed by atoms with Crippen molar-refractivity contribution in [2.75, 3.05) is 18.0 Å². The summed E-state index contributed by atoms with van der Waals surface area (Å²) in [6.07, 6.45) is 1.20. The Balaban J connectivity index is 2.12. The minimum absolute atomic E-state index is 0.117. The number of hydrogen-bond acceptors (Lipinski definition) is 4. The fourth-order valence-corrected chi connectivity index (χ4v) is 5.26. The van der Waals surface area contributed by atoms with Crippen LogP contribution >= 0.6 is 15.9 Å². The molecule has 0 bridgehead atoms. The van der Waals surface area contributed by atoms with Gasteiger partial charge >= 0.3 is 0 Å². The molecule has 1 aromatic carbocycles. The molecule has 1 heterocycles. The fraction of sp³-hybridized carbons (Fsp3) is 0.625. The van der Waals surface area contributed by atoms with Crippen LogP contribution in [0.3, 0.4) is 0 Å². The summed E-state index contributed by atoms with van der Waals surface area (Å²) < 4.78 is 30.1. The van der Waals surface area contributed by atoms with Crippen LogP contribution in [0.25, 0.3) is 0 Å². The molecule has 1 aliphatic heterocycles. The summed E-state index contributed by atoms with van der Waals surface area (Å²) in [6.45, 7) is 13.0. The first kappa shape index (κ1) is 19.9. The van der Waals surface area contributed by atoms with Crippen LogP contribution in [-0.4, -0.2) is 35.9 Å². The summed E-state index contributed by atoms with van der Waals surface area (Å²) in [7, 11) is -5.47. The average molecular weight is 435 g/mol. The van der Waals surface area contributed by atoms with Gasteiger partial charge in [-0.1, -0.05) is 20.8 Å². The lowest BCUT2D eigenvalue weighted by Gasteiger charge is -2.38. The van der Waals surface area contributed by atoms with Gasteiger partial charge in [-0.05, 0) is 58.7 Å². The van der Waals surface area contributed by atoms with Gasteiger partial charge in [0, 0.05) is 17.6 Å². The maximum Gasteiger partial charge on any atom is 0.238 e. The summed E-state index contributed by atoms with van der Waals surface area (Å²) in [5.74, 6) is 0. The quantitative estimate of drug-likeness (QED) is 0.732.